The van der Waals surface area contributed by atoms with Gasteiger partial charge in [0.2, 0.25) is 0 Å². The molecule has 4 N–H and O–H groups in total. The Bertz CT molecular complexity index is 413. The molecule has 0 saturated heterocycles. The molecule has 1 unspecified atom stereocenters. The molecule has 90 valence electrons. The van der Waals surface area contributed by atoms with Crippen molar-refractivity contribution in [3.8, 4) is 0 Å². The number of nitrogens with two attached hydrogens (primary N) is 1. The summed E-state index contributed by atoms with van der Waals surface area (Å²) < 4.78 is 37.0. The SMILES string of the molecule is CC(N)c1ccc(C(F)(F)P(=O)(O)O)cc1. The number of hydrogen-bond acceptors (Lipinski definition) is 2. The van der Waals surface area contributed by atoms with Crippen LogP contribution in [0, 0.1) is 0 Å². The Labute approximate surface area is 91.2 Å². The van der Waals surface area contributed by atoms with Crippen LogP contribution in [0.4, 0.5) is 8.78 Å². The monoisotopic (exact) mass is 251 g/mol. The summed E-state index contributed by atoms with van der Waals surface area (Å²) in [6.07, 6.45) is 0. The standard InChI is InChI=1S/C9H12F2NO3P/c1-6(12)7-2-4-8(5-3-7)9(10,11)16(13,14)15/h2-6H,12H2,1H3,(H2,13,14,15). The second kappa shape index (κ2) is 4.22. The van der Waals surface area contributed by atoms with Gasteiger partial charge in [-0.2, -0.15) is 8.78 Å². The van der Waals surface area contributed by atoms with E-state index in [1.54, 1.807) is 6.92 Å². The van der Waals surface area contributed by atoms with Crippen LogP contribution in [0.15, 0.2) is 24.3 Å². The molecule has 0 amide bonds. The van der Waals surface area contributed by atoms with Crippen molar-refractivity contribution in [3.05, 3.63) is 35.4 Å². The summed E-state index contributed by atoms with van der Waals surface area (Å²) in [5.41, 5.74) is 1.25. The third-order valence-electron chi connectivity index (χ3n) is 2.15. The van der Waals surface area contributed by atoms with Crippen LogP contribution in [0.3, 0.4) is 0 Å². The molecule has 7 heteroatoms. The van der Waals surface area contributed by atoms with E-state index in [-0.39, 0.29) is 6.04 Å². The molecule has 1 aromatic rings. The predicted molar refractivity (Wildman–Crippen MR) is 55.0 cm³/mol. The predicted octanol–water partition coefficient (Wildman–Crippen LogP) is 1.93. The Morgan fingerprint density at radius 2 is 1.75 bits per heavy atom. The maximum Gasteiger partial charge on any atom is 0.399 e. The lowest BCUT2D eigenvalue weighted by Gasteiger charge is -2.18. The Hall–Kier alpha value is -0.810. The van der Waals surface area contributed by atoms with E-state index in [9.17, 15) is 13.3 Å². The Kier molecular flexibility index (Phi) is 3.50. The van der Waals surface area contributed by atoms with Crippen LogP contribution < -0.4 is 5.73 Å². The van der Waals surface area contributed by atoms with Crippen LogP contribution in [-0.4, -0.2) is 9.79 Å². The van der Waals surface area contributed by atoms with Crippen molar-refractivity contribution < 1.29 is 23.1 Å². The second-order valence-corrected chi connectivity index (χ2v) is 5.15. The highest BCUT2D eigenvalue weighted by Gasteiger charge is 2.50. The molecule has 0 spiro atoms. The van der Waals surface area contributed by atoms with Gasteiger partial charge < -0.3 is 15.5 Å². The zero-order valence-corrected chi connectivity index (χ0v) is 9.36. The van der Waals surface area contributed by atoms with Crippen molar-refractivity contribution in [1.29, 1.82) is 0 Å². The molecule has 0 saturated carbocycles. The minimum Gasteiger partial charge on any atom is -0.324 e. The maximum atomic E-state index is 13.2. The molecule has 1 atom stereocenters. The molecular weight excluding hydrogens is 239 g/mol. The lowest BCUT2D eigenvalue weighted by Crippen LogP contribution is -2.14. The van der Waals surface area contributed by atoms with Gasteiger partial charge >= 0.3 is 13.3 Å². The van der Waals surface area contributed by atoms with Crippen LogP contribution in [0.1, 0.15) is 24.1 Å². The molecular formula is C9H12F2NO3P. The first-order valence-electron chi connectivity index (χ1n) is 4.45. The molecule has 16 heavy (non-hydrogen) atoms. The number of halogens is 2. The van der Waals surface area contributed by atoms with E-state index in [1.807, 2.05) is 0 Å². The molecule has 1 rings (SSSR count). The van der Waals surface area contributed by atoms with E-state index in [1.165, 1.54) is 12.1 Å². The maximum absolute atomic E-state index is 13.2. The first kappa shape index (κ1) is 13.3. The third-order valence-corrected chi connectivity index (χ3v) is 3.14. The van der Waals surface area contributed by atoms with Gasteiger partial charge in [0.05, 0.1) is 0 Å². The van der Waals surface area contributed by atoms with Gasteiger partial charge in [-0.25, -0.2) is 0 Å². The van der Waals surface area contributed by atoms with E-state index < -0.39 is 18.8 Å². The molecule has 0 aliphatic rings. The van der Waals surface area contributed by atoms with Crippen LogP contribution in [0.25, 0.3) is 0 Å². The molecule has 0 fully saturated rings. The van der Waals surface area contributed by atoms with Gasteiger partial charge in [-0.3, -0.25) is 4.57 Å². The van der Waals surface area contributed by atoms with Gasteiger partial charge in [0.25, 0.3) is 0 Å². The normalized spacial score (nSPS) is 14.9. The number of rotatable bonds is 3. The molecule has 4 nitrogen and oxygen atoms in total. The lowest BCUT2D eigenvalue weighted by atomic mass is 10.1. The number of alkyl halides is 2. The van der Waals surface area contributed by atoms with Crippen LogP contribution in [0.2, 0.25) is 0 Å². The summed E-state index contributed by atoms with van der Waals surface area (Å²) in [5, 5.41) is 0. The summed E-state index contributed by atoms with van der Waals surface area (Å²) in [5.74, 6) is 0. The summed E-state index contributed by atoms with van der Waals surface area (Å²) in [7, 11) is -5.49. The highest BCUT2D eigenvalue weighted by Crippen LogP contribution is 2.59. The highest BCUT2D eigenvalue weighted by atomic mass is 31.2. The molecule has 0 aromatic heterocycles. The minimum atomic E-state index is -5.49. The largest absolute Gasteiger partial charge is 0.399 e. The fourth-order valence-corrected chi connectivity index (χ4v) is 1.64. The molecule has 0 radical (unpaired) electrons. The van der Waals surface area contributed by atoms with Gasteiger partial charge in [-0.15, -0.1) is 0 Å². The Morgan fingerprint density at radius 3 is 2.06 bits per heavy atom. The van der Waals surface area contributed by atoms with Gasteiger partial charge in [-0.1, -0.05) is 24.3 Å². The van der Waals surface area contributed by atoms with Gasteiger partial charge in [-0.05, 0) is 12.5 Å². The average Bonchev–Trinajstić information content (AvgIpc) is 2.16. The van der Waals surface area contributed by atoms with Gasteiger partial charge in [0.1, 0.15) is 0 Å². The summed E-state index contributed by atoms with van der Waals surface area (Å²) in [4.78, 5) is 17.0. The summed E-state index contributed by atoms with van der Waals surface area (Å²) in [6.45, 7) is 1.68. The smallest absolute Gasteiger partial charge is 0.324 e. The van der Waals surface area contributed by atoms with E-state index in [4.69, 9.17) is 15.5 Å². The molecule has 0 aliphatic carbocycles. The van der Waals surface area contributed by atoms with Crippen LogP contribution >= 0.6 is 7.60 Å². The van der Waals surface area contributed by atoms with Crippen molar-refractivity contribution >= 4 is 7.60 Å². The van der Waals surface area contributed by atoms with E-state index >= 15 is 0 Å². The van der Waals surface area contributed by atoms with Gasteiger partial charge in [0, 0.05) is 11.6 Å². The first-order chi connectivity index (χ1) is 7.16. The topological polar surface area (TPSA) is 83.6 Å². The van der Waals surface area contributed by atoms with E-state index in [2.05, 4.69) is 0 Å². The third kappa shape index (κ3) is 2.47. The fraction of sp³-hybridized carbons (Fsp3) is 0.333. The van der Waals surface area contributed by atoms with Crippen LogP contribution in [-0.2, 0) is 10.2 Å². The zero-order chi connectivity index (χ0) is 12.6. The van der Waals surface area contributed by atoms with Gasteiger partial charge in [0.15, 0.2) is 0 Å². The fourth-order valence-electron chi connectivity index (χ4n) is 1.16. The summed E-state index contributed by atoms with van der Waals surface area (Å²) >= 11 is 0. The zero-order valence-electron chi connectivity index (χ0n) is 8.47. The van der Waals surface area contributed by atoms with Crippen LogP contribution in [0.5, 0.6) is 0 Å². The quantitative estimate of drug-likeness (QED) is 0.717. The molecule has 1 aromatic carbocycles. The Balaban J connectivity index is 3.12. The van der Waals surface area contributed by atoms with Crippen molar-refractivity contribution in [1.82, 2.24) is 0 Å². The molecule has 0 aliphatic heterocycles. The molecule has 0 heterocycles. The Morgan fingerprint density at radius 1 is 1.31 bits per heavy atom. The highest BCUT2D eigenvalue weighted by molar-refractivity contribution is 7.52. The average molecular weight is 251 g/mol. The van der Waals surface area contributed by atoms with Crippen molar-refractivity contribution in [2.75, 3.05) is 0 Å². The second-order valence-electron chi connectivity index (χ2n) is 3.50. The summed E-state index contributed by atoms with van der Waals surface area (Å²) in [6, 6.07) is 4.26. The first-order valence-corrected chi connectivity index (χ1v) is 6.07. The van der Waals surface area contributed by atoms with Crippen molar-refractivity contribution in [3.63, 3.8) is 0 Å². The van der Waals surface area contributed by atoms with Crippen molar-refractivity contribution in [2.45, 2.75) is 18.6 Å². The number of hydrogen-bond donors (Lipinski definition) is 3. The van der Waals surface area contributed by atoms with E-state index in [0.717, 1.165) is 12.1 Å². The number of benzene rings is 1. The minimum absolute atomic E-state index is 0.322. The van der Waals surface area contributed by atoms with Crippen molar-refractivity contribution in [2.24, 2.45) is 5.73 Å². The lowest BCUT2D eigenvalue weighted by molar-refractivity contribution is 0.0564. The molecule has 0 bridgehead atoms. The van der Waals surface area contributed by atoms with E-state index in [0.29, 0.717) is 5.56 Å².